The molecule has 18 heavy (non-hydrogen) atoms. The Bertz CT molecular complexity index is 689. The van der Waals surface area contributed by atoms with Crippen LogP contribution in [0, 0.1) is 0 Å². The molecule has 0 saturated heterocycles. The predicted molar refractivity (Wildman–Crippen MR) is 76.0 cm³/mol. The molecule has 0 aliphatic heterocycles. The van der Waals surface area contributed by atoms with Gasteiger partial charge in [0.2, 0.25) is 0 Å². The van der Waals surface area contributed by atoms with Gasteiger partial charge in [-0.25, -0.2) is 4.98 Å². The molecule has 0 saturated carbocycles. The molecular weight excluding hydrogens is 244 g/mol. The quantitative estimate of drug-likeness (QED) is 0.762. The van der Waals surface area contributed by atoms with E-state index in [2.05, 4.69) is 17.1 Å². The van der Waals surface area contributed by atoms with Crippen molar-refractivity contribution in [1.29, 1.82) is 0 Å². The molecule has 0 aliphatic carbocycles. The maximum Gasteiger partial charge on any atom is 0.127 e. The number of aromatic nitrogens is 1. The minimum Gasteiger partial charge on any atom is -0.496 e. The molecule has 3 nitrogen and oxygen atoms in total. The van der Waals surface area contributed by atoms with Gasteiger partial charge in [0, 0.05) is 26.7 Å². The third kappa shape index (κ3) is 1.80. The summed E-state index contributed by atoms with van der Waals surface area (Å²) in [7, 11) is 1.69. The molecule has 0 aliphatic rings. The number of rotatable bonds is 2. The molecule has 2 N–H and O–H groups in total. The molecule has 0 bridgehead atoms. The lowest BCUT2D eigenvalue weighted by atomic mass is 10.2. The third-order valence-corrected chi connectivity index (χ3v) is 3.96. The van der Waals surface area contributed by atoms with Crippen molar-refractivity contribution in [1.82, 2.24) is 4.98 Å². The van der Waals surface area contributed by atoms with Crippen LogP contribution in [0.2, 0.25) is 0 Å². The normalized spacial score (nSPS) is 10.7. The molecule has 0 amide bonds. The Labute approximate surface area is 109 Å². The van der Waals surface area contributed by atoms with Crippen LogP contribution in [-0.4, -0.2) is 12.1 Å². The van der Waals surface area contributed by atoms with Crippen LogP contribution < -0.4 is 10.5 Å². The van der Waals surface area contributed by atoms with Crippen molar-refractivity contribution in [3.8, 4) is 16.2 Å². The molecule has 1 aromatic carbocycles. The highest BCUT2D eigenvalue weighted by atomic mass is 32.1. The number of benzene rings is 1. The fourth-order valence-corrected chi connectivity index (χ4v) is 2.97. The van der Waals surface area contributed by atoms with Gasteiger partial charge in [-0.05, 0) is 30.3 Å². The first-order valence-electron chi connectivity index (χ1n) is 5.56. The SMILES string of the molecule is COc1cccc2sc(-c3ccc(N)nc3)cc12. The lowest BCUT2D eigenvalue weighted by molar-refractivity contribution is 0.420. The number of hydrogen-bond acceptors (Lipinski definition) is 4. The summed E-state index contributed by atoms with van der Waals surface area (Å²) in [5, 5.41) is 1.14. The van der Waals surface area contributed by atoms with Gasteiger partial charge < -0.3 is 10.5 Å². The summed E-state index contributed by atoms with van der Waals surface area (Å²) in [6, 6.07) is 12.0. The van der Waals surface area contributed by atoms with E-state index in [4.69, 9.17) is 10.5 Å². The minimum absolute atomic E-state index is 0.539. The number of methoxy groups -OCH3 is 1. The summed E-state index contributed by atoms with van der Waals surface area (Å²) in [4.78, 5) is 5.29. The topological polar surface area (TPSA) is 48.1 Å². The monoisotopic (exact) mass is 256 g/mol. The van der Waals surface area contributed by atoms with Crippen LogP contribution in [0.3, 0.4) is 0 Å². The second-order valence-electron chi connectivity index (χ2n) is 3.95. The molecule has 0 radical (unpaired) electrons. The first kappa shape index (κ1) is 11.0. The van der Waals surface area contributed by atoms with Crippen molar-refractivity contribution >= 4 is 27.2 Å². The van der Waals surface area contributed by atoms with Gasteiger partial charge >= 0.3 is 0 Å². The van der Waals surface area contributed by atoms with Crippen LogP contribution in [-0.2, 0) is 0 Å². The number of hydrogen-bond donors (Lipinski definition) is 1. The molecular formula is C14H12N2OS. The van der Waals surface area contributed by atoms with E-state index in [0.717, 1.165) is 16.7 Å². The van der Waals surface area contributed by atoms with Gasteiger partial charge in [-0.15, -0.1) is 11.3 Å². The predicted octanol–water partition coefficient (Wildman–Crippen LogP) is 3.55. The molecule has 3 rings (SSSR count). The van der Waals surface area contributed by atoms with E-state index in [9.17, 15) is 0 Å². The van der Waals surface area contributed by atoms with Crippen molar-refractivity contribution in [2.45, 2.75) is 0 Å². The molecule has 0 atom stereocenters. The van der Waals surface area contributed by atoms with Crippen LogP contribution >= 0.6 is 11.3 Å². The zero-order valence-corrected chi connectivity index (χ0v) is 10.7. The zero-order valence-electron chi connectivity index (χ0n) is 9.88. The Balaban J connectivity index is 2.16. The number of nitrogen functional groups attached to an aromatic ring is 1. The fraction of sp³-hybridized carbons (Fsp3) is 0.0714. The Kier molecular flexibility index (Phi) is 2.64. The average Bonchev–Trinajstić information content (AvgIpc) is 2.83. The fourth-order valence-electron chi connectivity index (χ4n) is 1.91. The molecule has 0 spiro atoms. The summed E-state index contributed by atoms with van der Waals surface area (Å²) in [6.45, 7) is 0. The van der Waals surface area contributed by atoms with Crippen molar-refractivity contribution < 1.29 is 4.74 Å². The van der Waals surface area contributed by atoms with Gasteiger partial charge in [-0.3, -0.25) is 0 Å². The average molecular weight is 256 g/mol. The standard InChI is InChI=1S/C14H12N2OS/c1-17-11-3-2-4-12-10(11)7-13(18-12)9-5-6-14(15)16-8-9/h2-8H,1H3,(H2,15,16). The number of anilines is 1. The van der Waals surface area contributed by atoms with E-state index in [1.54, 1.807) is 24.6 Å². The molecule has 0 fully saturated rings. The number of nitrogens with zero attached hydrogens (tertiary/aromatic N) is 1. The summed E-state index contributed by atoms with van der Waals surface area (Å²) < 4.78 is 6.58. The number of thiophene rings is 1. The van der Waals surface area contributed by atoms with Crippen LogP contribution in [0.5, 0.6) is 5.75 Å². The van der Waals surface area contributed by atoms with Gasteiger partial charge in [0.15, 0.2) is 0 Å². The second-order valence-corrected chi connectivity index (χ2v) is 5.04. The van der Waals surface area contributed by atoms with Gasteiger partial charge in [0.05, 0.1) is 7.11 Å². The van der Waals surface area contributed by atoms with E-state index in [1.807, 2.05) is 24.3 Å². The highest BCUT2D eigenvalue weighted by molar-refractivity contribution is 7.22. The summed E-state index contributed by atoms with van der Waals surface area (Å²) in [5.74, 6) is 1.44. The number of pyridine rings is 1. The molecule has 2 aromatic heterocycles. The first-order valence-corrected chi connectivity index (χ1v) is 6.38. The molecule has 0 unspecified atom stereocenters. The minimum atomic E-state index is 0.539. The van der Waals surface area contributed by atoms with E-state index in [-0.39, 0.29) is 0 Å². The van der Waals surface area contributed by atoms with Gasteiger partial charge in [-0.1, -0.05) is 6.07 Å². The van der Waals surface area contributed by atoms with Crippen LogP contribution in [0.25, 0.3) is 20.5 Å². The lowest BCUT2D eigenvalue weighted by Crippen LogP contribution is -1.87. The van der Waals surface area contributed by atoms with Crippen LogP contribution in [0.4, 0.5) is 5.82 Å². The largest absolute Gasteiger partial charge is 0.496 e. The Hall–Kier alpha value is -2.07. The molecule has 90 valence electrons. The molecule has 2 heterocycles. The Morgan fingerprint density at radius 3 is 2.83 bits per heavy atom. The molecule has 4 heteroatoms. The number of ether oxygens (including phenoxy) is 1. The Morgan fingerprint density at radius 2 is 2.11 bits per heavy atom. The summed E-state index contributed by atoms with van der Waals surface area (Å²) in [6.07, 6.45) is 1.80. The van der Waals surface area contributed by atoms with Crippen molar-refractivity contribution in [3.63, 3.8) is 0 Å². The highest BCUT2D eigenvalue weighted by Crippen LogP contribution is 2.37. The van der Waals surface area contributed by atoms with E-state index >= 15 is 0 Å². The second kappa shape index (κ2) is 4.31. The van der Waals surface area contributed by atoms with Gasteiger partial charge in [0.1, 0.15) is 11.6 Å². The third-order valence-electron chi connectivity index (χ3n) is 2.81. The van der Waals surface area contributed by atoms with Crippen molar-refractivity contribution in [3.05, 3.63) is 42.6 Å². The maximum atomic E-state index is 5.60. The smallest absolute Gasteiger partial charge is 0.127 e. The molecule has 3 aromatic rings. The Morgan fingerprint density at radius 1 is 1.22 bits per heavy atom. The maximum absolute atomic E-state index is 5.60. The number of nitrogens with two attached hydrogens (primary N) is 1. The van der Waals surface area contributed by atoms with Gasteiger partial charge in [-0.2, -0.15) is 0 Å². The summed E-state index contributed by atoms with van der Waals surface area (Å²) in [5.41, 5.74) is 6.67. The van der Waals surface area contributed by atoms with Crippen LogP contribution in [0.1, 0.15) is 0 Å². The summed E-state index contributed by atoms with van der Waals surface area (Å²) >= 11 is 1.72. The lowest BCUT2D eigenvalue weighted by Gasteiger charge is -1.99. The van der Waals surface area contributed by atoms with E-state index in [0.29, 0.717) is 5.82 Å². The van der Waals surface area contributed by atoms with E-state index in [1.165, 1.54) is 9.58 Å². The van der Waals surface area contributed by atoms with Crippen molar-refractivity contribution in [2.24, 2.45) is 0 Å². The first-order chi connectivity index (χ1) is 8.78. The zero-order chi connectivity index (χ0) is 12.5. The van der Waals surface area contributed by atoms with Gasteiger partial charge in [0.25, 0.3) is 0 Å². The highest BCUT2D eigenvalue weighted by Gasteiger charge is 2.08. The van der Waals surface area contributed by atoms with E-state index < -0.39 is 0 Å². The van der Waals surface area contributed by atoms with Crippen LogP contribution in [0.15, 0.2) is 42.6 Å². The number of fused-ring (bicyclic) bond motifs is 1. The van der Waals surface area contributed by atoms with Crippen molar-refractivity contribution in [2.75, 3.05) is 12.8 Å².